The number of nitrogen functional groups attached to an aromatic ring is 1. The first-order valence-corrected chi connectivity index (χ1v) is 3.24. The van der Waals surface area contributed by atoms with Gasteiger partial charge in [-0.15, -0.1) is 0 Å². The van der Waals surface area contributed by atoms with Gasteiger partial charge in [0.25, 0.3) is 0 Å². The van der Waals surface area contributed by atoms with E-state index < -0.39 is 0 Å². The Kier molecular flexibility index (Phi) is 6.31. The highest BCUT2D eigenvalue weighted by Gasteiger charge is 1.78. The van der Waals surface area contributed by atoms with Crippen molar-refractivity contribution >= 4 is 5.69 Å². The summed E-state index contributed by atoms with van der Waals surface area (Å²) in [5.74, 6) is 9.70. The summed E-state index contributed by atoms with van der Waals surface area (Å²) in [6.45, 7) is 0. The molecule has 0 aliphatic carbocycles. The van der Waals surface area contributed by atoms with Crippen LogP contribution in [0.1, 0.15) is 0 Å². The summed E-state index contributed by atoms with van der Waals surface area (Å²) in [5.41, 5.74) is 5.71. The van der Waals surface area contributed by atoms with Gasteiger partial charge in [-0.2, -0.15) is 0 Å². The van der Waals surface area contributed by atoms with E-state index in [2.05, 4.69) is 16.7 Å². The van der Waals surface area contributed by atoms with Gasteiger partial charge in [-0.25, -0.2) is 0 Å². The average molecular weight is 154 g/mol. The third-order valence-electron chi connectivity index (χ3n) is 0.940. The molecule has 11 heavy (non-hydrogen) atoms. The number of hydrogen-bond donors (Lipinski definition) is 4. The fourth-order valence-corrected chi connectivity index (χ4v) is 0.534. The van der Waals surface area contributed by atoms with Crippen LogP contribution in [-0.4, -0.2) is 7.05 Å². The van der Waals surface area contributed by atoms with Crippen LogP contribution in [-0.2, 0) is 0 Å². The molecule has 0 amide bonds. The second-order valence-electron chi connectivity index (χ2n) is 1.80. The standard InChI is InChI=1S/C6H8N2.CH6N2/c7-8-6-4-2-1-3-5-6;1-3-2/h1-5,8H,7H2;3H,2H2,1H3. The van der Waals surface area contributed by atoms with E-state index in [-0.39, 0.29) is 0 Å². The Morgan fingerprint density at radius 1 is 1.09 bits per heavy atom. The first kappa shape index (κ1) is 9.90. The zero-order chi connectivity index (χ0) is 8.53. The van der Waals surface area contributed by atoms with E-state index in [1.807, 2.05) is 30.3 Å². The largest absolute Gasteiger partial charge is 0.324 e. The van der Waals surface area contributed by atoms with Gasteiger partial charge in [0.1, 0.15) is 0 Å². The first-order valence-electron chi connectivity index (χ1n) is 3.24. The molecule has 0 atom stereocenters. The Morgan fingerprint density at radius 3 is 1.82 bits per heavy atom. The molecule has 0 saturated heterocycles. The van der Waals surface area contributed by atoms with Gasteiger partial charge in [0, 0.05) is 5.69 Å². The molecular formula is C7H14N4. The van der Waals surface area contributed by atoms with E-state index in [0.717, 1.165) is 5.69 Å². The van der Waals surface area contributed by atoms with Gasteiger partial charge in [0.15, 0.2) is 0 Å². The molecule has 0 radical (unpaired) electrons. The number of hydrazine groups is 2. The van der Waals surface area contributed by atoms with E-state index in [4.69, 9.17) is 5.84 Å². The van der Waals surface area contributed by atoms with E-state index in [0.29, 0.717) is 0 Å². The third-order valence-corrected chi connectivity index (χ3v) is 0.940. The number of benzene rings is 1. The number of nitrogens with one attached hydrogen (secondary N) is 2. The maximum atomic E-state index is 5.10. The molecule has 0 heterocycles. The van der Waals surface area contributed by atoms with Crippen LogP contribution in [0.15, 0.2) is 30.3 Å². The predicted octanol–water partition coefficient (Wildman–Crippen LogP) is 0.0517. The number of para-hydroxylation sites is 1. The van der Waals surface area contributed by atoms with E-state index in [9.17, 15) is 0 Å². The highest BCUT2D eigenvalue weighted by molar-refractivity contribution is 5.40. The van der Waals surface area contributed by atoms with Gasteiger partial charge in [0.05, 0.1) is 0 Å². The van der Waals surface area contributed by atoms with E-state index >= 15 is 0 Å². The molecule has 0 bridgehead atoms. The molecule has 4 heteroatoms. The van der Waals surface area contributed by atoms with Crippen molar-refractivity contribution in [2.45, 2.75) is 0 Å². The second-order valence-corrected chi connectivity index (χ2v) is 1.80. The lowest BCUT2D eigenvalue weighted by Gasteiger charge is -1.94. The quantitative estimate of drug-likeness (QED) is 0.340. The lowest BCUT2D eigenvalue weighted by atomic mass is 10.3. The molecule has 1 aromatic carbocycles. The monoisotopic (exact) mass is 154 g/mol. The molecule has 4 nitrogen and oxygen atoms in total. The van der Waals surface area contributed by atoms with Crippen LogP contribution in [0.2, 0.25) is 0 Å². The zero-order valence-electron chi connectivity index (χ0n) is 6.54. The van der Waals surface area contributed by atoms with Crippen LogP contribution >= 0.6 is 0 Å². The maximum absolute atomic E-state index is 5.10. The van der Waals surface area contributed by atoms with Crippen molar-refractivity contribution < 1.29 is 0 Å². The molecule has 0 fully saturated rings. The molecule has 0 spiro atoms. The van der Waals surface area contributed by atoms with Gasteiger partial charge >= 0.3 is 0 Å². The summed E-state index contributed by atoms with van der Waals surface area (Å²) >= 11 is 0. The summed E-state index contributed by atoms with van der Waals surface area (Å²) in [6.07, 6.45) is 0. The number of nitrogens with two attached hydrogens (primary N) is 2. The average Bonchev–Trinajstić information content (AvgIpc) is 2.08. The Morgan fingerprint density at radius 2 is 1.55 bits per heavy atom. The third kappa shape index (κ3) is 5.35. The first-order chi connectivity index (χ1) is 5.35. The molecule has 0 saturated carbocycles. The summed E-state index contributed by atoms with van der Waals surface area (Å²) in [5, 5.41) is 0. The van der Waals surface area contributed by atoms with Gasteiger partial charge in [-0.3, -0.25) is 17.1 Å². The van der Waals surface area contributed by atoms with E-state index in [1.54, 1.807) is 7.05 Å². The van der Waals surface area contributed by atoms with Crippen molar-refractivity contribution in [1.82, 2.24) is 5.43 Å². The molecule has 1 aromatic rings. The van der Waals surface area contributed by atoms with Crippen LogP contribution in [0, 0.1) is 0 Å². The number of rotatable bonds is 1. The van der Waals surface area contributed by atoms with Gasteiger partial charge in [-0.05, 0) is 19.2 Å². The van der Waals surface area contributed by atoms with Crippen LogP contribution in [0.3, 0.4) is 0 Å². The topological polar surface area (TPSA) is 76.1 Å². The normalized spacial score (nSPS) is 7.91. The van der Waals surface area contributed by atoms with Gasteiger partial charge < -0.3 is 5.43 Å². The zero-order valence-corrected chi connectivity index (χ0v) is 6.54. The summed E-state index contributed by atoms with van der Waals surface area (Å²) in [4.78, 5) is 0. The minimum atomic E-state index is 0.938. The van der Waals surface area contributed by atoms with Gasteiger partial charge in [-0.1, -0.05) is 18.2 Å². The van der Waals surface area contributed by atoms with Crippen molar-refractivity contribution in [3.63, 3.8) is 0 Å². The Labute approximate surface area is 66.5 Å². The molecule has 6 N–H and O–H groups in total. The fourth-order valence-electron chi connectivity index (χ4n) is 0.534. The molecular weight excluding hydrogens is 140 g/mol. The van der Waals surface area contributed by atoms with E-state index in [1.165, 1.54) is 0 Å². The van der Waals surface area contributed by atoms with Crippen molar-refractivity contribution in [1.29, 1.82) is 0 Å². The smallest absolute Gasteiger partial charge is 0.0485 e. The molecule has 0 aliphatic rings. The number of anilines is 1. The van der Waals surface area contributed by atoms with Crippen LogP contribution in [0.4, 0.5) is 5.69 Å². The Bertz CT molecular complexity index is 163. The lowest BCUT2D eigenvalue weighted by Crippen LogP contribution is -2.13. The molecule has 0 unspecified atom stereocenters. The SMILES string of the molecule is CNN.NNc1ccccc1. The highest BCUT2D eigenvalue weighted by atomic mass is 15.2. The number of hydrogen-bond acceptors (Lipinski definition) is 4. The Balaban J connectivity index is 0.000000292. The highest BCUT2D eigenvalue weighted by Crippen LogP contribution is 2.00. The minimum absolute atomic E-state index is 0.938. The van der Waals surface area contributed by atoms with Crippen molar-refractivity contribution in [3.8, 4) is 0 Å². The maximum Gasteiger partial charge on any atom is 0.0485 e. The van der Waals surface area contributed by atoms with Crippen molar-refractivity contribution in [2.75, 3.05) is 12.5 Å². The fraction of sp³-hybridized carbons (Fsp3) is 0.143. The summed E-state index contributed by atoms with van der Waals surface area (Å²) in [6, 6.07) is 9.60. The van der Waals surface area contributed by atoms with Crippen molar-refractivity contribution in [3.05, 3.63) is 30.3 Å². The Hall–Kier alpha value is -1.10. The van der Waals surface area contributed by atoms with Gasteiger partial charge in [0.2, 0.25) is 0 Å². The molecule has 0 aliphatic heterocycles. The minimum Gasteiger partial charge on any atom is -0.324 e. The van der Waals surface area contributed by atoms with Crippen LogP contribution in [0.5, 0.6) is 0 Å². The van der Waals surface area contributed by atoms with Crippen LogP contribution in [0.25, 0.3) is 0 Å². The molecule has 0 aromatic heterocycles. The predicted molar refractivity (Wildman–Crippen MR) is 47.5 cm³/mol. The molecule has 1 rings (SSSR count). The van der Waals surface area contributed by atoms with Crippen LogP contribution < -0.4 is 22.5 Å². The lowest BCUT2D eigenvalue weighted by molar-refractivity contribution is 0.900. The summed E-state index contributed by atoms with van der Waals surface area (Å²) in [7, 11) is 1.65. The van der Waals surface area contributed by atoms with Crippen molar-refractivity contribution in [2.24, 2.45) is 11.7 Å². The second kappa shape index (κ2) is 7.01. The molecule has 62 valence electrons. The summed E-state index contributed by atoms with van der Waals surface area (Å²) < 4.78 is 0.